The summed E-state index contributed by atoms with van der Waals surface area (Å²) in [6, 6.07) is 20.9. The monoisotopic (exact) mass is 410 g/mol. The third-order valence-corrected chi connectivity index (χ3v) is 11.0. The van der Waals surface area contributed by atoms with Crippen LogP contribution in [0.25, 0.3) is 0 Å². The fraction of sp³-hybridized carbons (Fsp3) is 0.520. The maximum Gasteiger partial charge on any atom is 0.250 e. The molecular formula is C25H38N2OSi. The van der Waals surface area contributed by atoms with Gasteiger partial charge in [0.25, 0.3) is 0 Å². The van der Waals surface area contributed by atoms with E-state index in [1.54, 1.807) is 0 Å². The number of nitrogens with zero attached hydrogens (tertiary/aromatic N) is 1. The van der Waals surface area contributed by atoms with Crippen molar-refractivity contribution in [1.29, 1.82) is 0 Å². The lowest BCUT2D eigenvalue weighted by atomic mass is 9.94. The number of hydrogen-bond donors (Lipinski definition) is 1. The zero-order valence-electron chi connectivity index (χ0n) is 19.2. The predicted octanol–water partition coefficient (Wildman–Crippen LogP) is 5.84. The molecule has 1 saturated heterocycles. The van der Waals surface area contributed by atoms with E-state index in [-0.39, 0.29) is 11.1 Å². The van der Waals surface area contributed by atoms with Crippen molar-refractivity contribution in [2.45, 2.75) is 70.9 Å². The first-order chi connectivity index (χ1) is 13.6. The Morgan fingerprint density at radius 2 is 1.66 bits per heavy atom. The summed E-state index contributed by atoms with van der Waals surface area (Å²) in [5.41, 5.74) is 2.66. The quantitative estimate of drug-likeness (QED) is 0.627. The molecule has 1 aliphatic heterocycles. The van der Waals surface area contributed by atoms with E-state index in [4.69, 9.17) is 4.43 Å². The van der Waals surface area contributed by atoms with Crippen molar-refractivity contribution >= 4 is 8.32 Å². The van der Waals surface area contributed by atoms with Gasteiger partial charge in [0.05, 0.1) is 6.04 Å². The Morgan fingerprint density at radius 3 is 2.31 bits per heavy atom. The second kappa shape index (κ2) is 8.63. The lowest BCUT2D eigenvalue weighted by Gasteiger charge is -2.43. The SMILES string of the molecule is C[C@@H]1CN[C@@H](C)CN1[C@H](c1ccccc1)c1cccc(O[Si](C)(C)C(C)(C)C)c1. The van der Waals surface area contributed by atoms with Crippen LogP contribution in [0.15, 0.2) is 54.6 Å². The van der Waals surface area contributed by atoms with Gasteiger partial charge >= 0.3 is 0 Å². The summed E-state index contributed by atoms with van der Waals surface area (Å²) < 4.78 is 6.64. The molecule has 1 heterocycles. The standard InChI is InChI=1S/C25H38N2OSi/c1-19-18-27(20(2)17-26-19)24(21-12-9-8-10-13-21)22-14-11-15-23(16-22)28-29(6,7)25(3,4)5/h8-16,19-20,24,26H,17-18H2,1-7H3/t19-,20+,24+/m0/s1. The minimum atomic E-state index is -1.87. The summed E-state index contributed by atoms with van der Waals surface area (Å²) in [7, 11) is -1.87. The van der Waals surface area contributed by atoms with Crippen LogP contribution in [0, 0.1) is 0 Å². The van der Waals surface area contributed by atoms with Gasteiger partial charge < -0.3 is 9.74 Å². The Bertz CT molecular complexity index is 800. The number of benzene rings is 2. The molecule has 3 rings (SSSR count). The zero-order valence-corrected chi connectivity index (χ0v) is 20.2. The molecule has 0 spiro atoms. The molecule has 0 radical (unpaired) electrons. The van der Waals surface area contributed by atoms with Gasteiger partial charge in [-0.15, -0.1) is 0 Å². The molecule has 1 fully saturated rings. The topological polar surface area (TPSA) is 24.5 Å². The third kappa shape index (κ3) is 5.11. The van der Waals surface area contributed by atoms with Crippen molar-refractivity contribution < 1.29 is 4.43 Å². The molecule has 3 nitrogen and oxygen atoms in total. The third-order valence-electron chi connectivity index (χ3n) is 6.61. The number of piperazine rings is 1. The van der Waals surface area contributed by atoms with Crippen molar-refractivity contribution in [2.24, 2.45) is 0 Å². The van der Waals surface area contributed by atoms with E-state index >= 15 is 0 Å². The first kappa shape index (κ1) is 22.1. The Balaban J connectivity index is 1.99. The van der Waals surface area contributed by atoms with Gasteiger partial charge in [-0.2, -0.15) is 0 Å². The Labute approximate surface area is 178 Å². The minimum absolute atomic E-state index is 0.185. The van der Waals surface area contributed by atoms with Gasteiger partial charge in [-0.05, 0) is 55.2 Å². The summed E-state index contributed by atoms with van der Waals surface area (Å²) in [6.45, 7) is 18.2. The molecule has 0 bridgehead atoms. The maximum absolute atomic E-state index is 6.64. The molecule has 0 aliphatic carbocycles. The van der Waals surface area contributed by atoms with Crippen LogP contribution in [0.1, 0.15) is 51.8 Å². The predicted molar refractivity (Wildman–Crippen MR) is 126 cm³/mol. The fourth-order valence-corrected chi connectivity index (χ4v) is 4.84. The summed E-state index contributed by atoms with van der Waals surface area (Å²) >= 11 is 0. The zero-order chi connectivity index (χ0) is 21.2. The number of nitrogens with one attached hydrogen (secondary N) is 1. The lowest BCUT2D eigenvalue weighted by Crippen LogP contribution is -2.55. The van der Waals surface area contributed by atoms with Crippen LogP contribution < -0.4 is 9.74 Å². The molecule has 0 amide bonds. The van der Waals surface area contributed by atoms with Gasteiger partial charge in [0.15, 0.2) is 0 Å². The van der Waals surface area contributed by atoms with E-state index in [1.807, 2.05) is 0 Å². The van der Waals surface area contributed by atoms with Gasteiger partial charge in [0.1, 0.15) is 5.75 Å². The van der Waals surface area contributed by atoms with E-state index < -0.39 is 8.32 Å². The highest BCUT2D eigenvalue weighted by molar-refractivity contribution is 6.74. The van der Waals surface area contributed by atoms with Crippen molar-refractivity contribution in [1.82, 2.24) is 10.2 Å². The van der Waals surface area contributed by atoms with Gasteiger partial charge in [-0.1, -0.05) is 63.2 Å². The molecule has 0 saturated carbocycles. The van der Waals surface area contributed by atoms with E-state index in [1.165, 1.54) is 11.1 Å². The number of rotatable bonds is 5. The smallest absolute Gasteiger partial charge is 0.250 e. The van der Waals surface area contributed by atoms with Crippen LogP contribution in [-0.4, -0.2) is 38.4 Å². The molecular weight excluding hydrogens is 372 g/mol. The van der Waals surface area contributed by atoms with Crippen molar-refractivity contribution in [2.75, 3.05) is 13.1 Å². The first-order valence-electron chi connectivity index (χ1n) is 10.9. The van der Waals surface area contributed by atoms with Crippen molar-refractivity contribution in [3.63, 3.8) is 0 Å². The maximum atomic E-state index is 6.64. The molecule has 29 heavy (non-hydrogen) atoms. The minimum Gasteiger partial charge on any atom is -0.543 e. The lowest BCUT2D eigenvalue weighted by molar-refractivity contribution is 0.113. The molecule has 1 N–H and O–H groups in total. The Hall–Kier alpha value is -1.62. The van der Waals surface area contributed by atoms with Crippen LogP contribution in [0.5, 0.6) is 5.75 Å². The summed E-state index contributed by atoms with van der Waals surface area (Å²) in [4.78, 5) is 2.64. The van der Waals surface area contributed by atoms with Gasteiger partial charge in [-0.25, -0.2) is 0 Å². The van der Waals surface area contributed by atoms with E-state index in [0.29, 0.717) is 12.1 Å². The van der Waals surface area contributed by atoms with Crippen molar-refractivity contribution in [3.8, 4) is 5.75 Å². The largest absolute Gasteiger partial charge is 0.543 e. The summed E-state index contributed by atoms with van der Waals surface area (Å²) in [6.07, 6.45) is 0. The van der Waals surface area contributed by atoms with Crippen molar-refractivity contribution in [3.05, 3.63) is 65.7 Å². The average molecular weight is 411 g/mol. The van der Waals surface area contributed by atoms with Gasteiger partial charge in [0, 0.05) is 25.2 Å². The van der Waals surface area contributed by atoms with Crippen LogP contribution in [0.3, 0.4) is 0 Å². The van der Waals surface area contributed by atoms with Crippen LogP contribution >= 0.6 is 0 Å². The highest BCUT2D eigenvalue weighted by Crippen LogP contribution is 2.39. The van der Waals surface area contributed by atoms with Gasteiger partial charge in [-0.3, -0.25) is 4.90 Å². The molecule has 4 heteroatoms. The highest BCUT2D eigenvalue weighted by atomic mass is 28.4. The fourth-order valence-electron chi connectivity index (χ4n) is 3.82. The van der Waals surface area contributed by atoms with Crippen LogP contribution in [-0.2, 0) is 0 Å². The van der Waals surface area contributed by atoms with Gasteiger partial charge in [0.2, 0.25) is 8.32 Å². The highest BCUT2D eigenvalue weighted by Gasteiger charge is 2.39. The summed E-state index contributed by atoms with van der Waals surface area (Å²) in [5.74, 6) is 1.01. The molecule has 1 aliphatic rings. The second-order valence-corrected chi connectivity index (χ2v) is 14.8. The molecule has 3 atom stereocenters. The Morgan fingerprint density at radius 1 is 1.00 bits per heavy atom. The Kier molecular flexibility index (Phi) is 6.56. The summed E-state index contributed by atoms with van der Waals surface area (Å²) in [5, 5.41) is 3.80. The molecule has 0 aromatic heterocycles. The van der Waals surface area contributed by atoms with E-state index in [0.717, 1.165) is 18.8 Å². The van der Waals surface area contributed by atoms with Crippen LogP contribution in [0.2, 0.25) is 18.1 Å². The molecule has 158 valence electrons. The number of hydrogen-bond acceptors (Lipinski definition) is 3. The molecule has 0 unspecified atom stereocenters. The van der Waals surface area contributed by atoms with E-state index in [2.05, 4.69) is 113 Å². The second-order valence-electron chi connectivity index (χ2n) is 10.1. The first-order valence-corrected chi connectivity index (χ1v) is 13.8. The average Bonchev–Trinajstić information content (AvgIpc) is 2.65. The molecule has 2 aromatic rings. The van der Waals surface area contributed by atoms with Crippen LogP contribution in [0.4, 0.5) is 0 Å². The molecule has 2 aromatic carbocycles. The van der Waals surface area contributed by atoms with E-state index in [9.17, 15) is 0 Å². The normalized spacial score (nSPS) is 22.3.